The maximum absolute atomic E-state index is 3.74. The molecule has 0 aliphatic carbocycles. The average molecular weight is 183 g/mol. The van der Waals surface area contributed by atoms with E-state index in [-0.39, 0.29) is 0 Å². The molecule has 0 saturated carbocycles. The SMILES string of the molecule is C=CCCCN(C)C(CC)CCC. The summed E-state index contributed by atoms with van der Waals surface area (Å²) in [6.45, 7) is 9.50. The van der Waals surface area contributed by atoms with E-state index in [2.05, 4.69) is 32.4 Å². The quantitative estimate of drug-likeness (QED) is 0.411. The highest BCUT2D eigenvalue weighted by molar-refractivity contribution is 4.70. The Morgan fingerprint density at radius 1 is 1.38 bits per heavy atom. The lowest BCUT2D eigenvalue weighted by molar-refractivity contribution is 0.221. The zero-order chi connectivity index (χ0) is 10.1. The highest BCUT2D eigenvalue weighted by Crippen LogP contribution is 2.09. The minimum atomic E-state index is 0.787. The van der Waals surface area contributed by atoms with Crippen molar-refractivity contribution in [1.29, 1.82) is 0 Å². The summed E-state index contributed by atoms with van der Waals surface area (Å²) >= 11 is 0. The molecule has 0 aromatic rings. The van der Waals surface area contributed by atoms with Crippen LogP contribution in [-0.2, 0) is 0 Å². The molecule has 0 rings (SSSR count). The van der Waals surface area contributed by atoms with Crippen LogP contribution in [0.2, 0.25) is 0 Å². The van der Waals surface area contributed by atoms with Crippen molar-refractivity contribution in [3.8, 4) is 0 Å². The van der Waals surface area contributed by atoms with Crippen molar-refractivity contribution in [2.45, 2.75) is 52.0 Å². The summed E-state index contributed by atoms with van der Waals surface area (Å²) < 4.78 is 0. The monoisotopic (exact) mass is 183 g/mol. The summed E-state index contributed by atoms with van der Waals surface area (Å²) in [5.74, 6) is 0. The fourth-order valence-corrected chi connectivity index (χ4v) is 1.74. The minimum Gasteiger partial charge on any atom is -0.303 e. The predicted molar refractivity (Wildman–Crippen MR) is 61.0 cm³/mol. The highest BCUT2D eigenvalue weighted by atomic mass is 15.1. The Bertz CT molecular complexity index is 120. The van der Waals surface area contributed by atoms with E-state index >= 15 is 0 Å². The van der Waals surface area contributed by atoms with E-state index < -0.39 is 0 Å². The smallest absolute Gasteiger partial charge is 0.00894 e. The molecule has 0 aromatic heterocycles. The Labute approximate surface area is 83.8 Å². The van der Waals surface area contributed by atoms with Gasteiger partial charge in [0, 0.05) is 6.04 Å². The van der Waals surface area contributed by atoms with Gasteiger partial charge in [0.2, 0.25) is 0 Å². The molecule has 0 N–H and O–H groups in total. The second kappa shape index (κ2) is 8.31. The topological polar surface area (TPSA) is 3.24 Å². The zero-order valence-electron chi connectivity index (χ0n) is 9.55. The number of nitrogens with zero attached hydrogens (tertiary/aromatic N) is 1. The molecular formula is C12H25N. The fourth-order valence-electron chi connectivity index (χ4n) is 1.74. The van der Waals surface area contributed by atoms with Gasteiger partial charge < -0.3 is 4.90 Å². The van der Waals surface area contributed by atoms with E-state index in [0.717, 1.165) is 12.5 Å². The summed E-state index contributed by atoms with van der Waals surface area (Å²) in [7, 11) is 2.24. The third-order valence-electron chi connectivity index (χ3n) is 2.64. The first-order chi connectivity index (χ1) is 6.26. The van der Waals surface area contributed by atoms with Crippen molar-refractivity contribution >= 4 is 0 Å². The second-order valence-corrected chi connectivity index (χ2v) is 3.76. The molecule has 13 heavy (non-hydrogen) atoms. The van der Waals surface area contributed by atoms with Crippen LogP contribution in [0.4, 0.5) is 0 Å². The number of allylic oxidation sites excluding steroid dienone is 1. The van der Waals surface area contributed by atoms with Crippen LogP contribution in [0.15, 0.2) is 12.7 Å². The van der Waals surface area contributed by atoms with Gasteiger partial charge in [0.1, 0.15) is 0 Å². The third-order valence-corrected chi connectivity index (χ3v) is 2.64. The van der Waals surface area contributed by atoms with Crippen molar-refractivity contribution < 1.29 is 0 Å². The summed E-state index contributed by atoms with van der Waals surface area (Å²) in [6.07, 6.45) is 8.31. The van der Waals surface area contributed by atoms with Gasteiger partial charge in [0.15, 0.2) is 0 Å². The molecule has 1 atom stereocenters. The van der Waals surface area contributed by atoms with E-state index in [0.29, 0.717) is 0 Å². The van der Waals surface area contributed by atoms with E-state index in [1.54, 1.807) is 0 Å². The Morgan fingerprint density at radius 3 is 2.54 bits per heavy atom. The molecule has 0 heterocycles. The molecule has 1 unspecified atom stereocenters. The summed E-state index contributed by atoms with van der Waals surface area (Å²) in [6, 6.07) is 0.787. The molecule has 0 fully saturated rings. The molecule has 0 saturated heterocycles. The lowest BCUT2D eigenvalue weighted by Gasteiger charge is -2.26. The van der Waals surface area contributed by atoms with Gasteiger partial charge in [-0.05, 0) is 39.3 Å². The van der Waals surface area contributed by atoms with Crippen LogP contribution in [-0.4, -0.2) is 24.5 Å². The van der Waals surface area contributed by atoms with Crippen LogP contribution in [0.5, 0.6) is 0 Å². The van der Waals surface area contributed by atoms with Crippen LogP contribution < -0.4 is 0 Å². The van der Waals surface area contributed by atoms with Crippen molar-refractivity contribution in [1.82, 2.24) is 4.90 Å². The van der Waals surface area contributed by atoms with E-state index in [9.17, 15) is 0 Å². The Hall–Kier alpha value is -0.300. The zero-order valence-corrected chi connectivity index (χ0v) is 9.55. The number of unbranched alkanes of at least 4 members (excludes halogenated alkanes) is 1. The summed E-state index contributed by atoms with van der Waals surface area (Å²) in [4.78, 5) is 2.49. The largest absolute Gasteiger partial charge is 0.303 e. The lowest BCUT2D eigenvalue weighted by atomic mass is 10.1. The van der Waals surface area contributed by atoms with Gasteiger partial charge in [-0.15, -0.1) is 6.58 Å². The van der Waals surface area contributed by atoms with Crippen LogP contribution in [0.25, 0.3) is 0 Å². The van der Waals surface area contributed by atoms with Crippen LogP contribution >= 0.6 is 0 Å². The van der Waals surface area contributed by atoms with E-state index in [4.69, 9.17) is 0 Å². The maximum Gasteiger partial charge on any atom is 0.00894 e. The highest BCUT2D eigenvalue weighted by Gasteiger charge is 2.09. The molecule has 0 radical (unpaired) electrons. The molecule has 0 bridgehead atoms. The van der Waals surface area contributed by atoms with Gasteiger partial charge in [0.05, 0.1) is 0 Å². The normalized spacial score (nSPS) is 13.2. The van der Waals surface area contributed by atoms with Crippen LogP contribution in [0, 0.1) is 0 Å². The van der Waals surface area contributed by atoms with Crippen molar-refractivity contribution in [3.63, 3.8) is 0 Å². The molecular weight excluding hydrogens is 158 g/mol. The molecule has 0 aliphatic heterocycles. The molecule has 0 spiro atoms. The lowest BCUT2D eigenvalue weighted by Crippen LogP contribution is -2.31. The second-order valence-electron chi connectivity index (χ2n) is 3.76. The van der Waals surface area contributed by atoms with Gasteiger partial charge in [0.25, 0.3) is 0 Å². The first-order valence-electron chi connectivity index (χ1n) is 5.57. The van der Waals surface area contributed by atoms with Gasteiger partial charge in [-0.25, -0.2) is 0 Å². The van der Waals surface area contributed by atoms with Crippen molar-refractivity contribution in [2.75, 3.05) is 13.6 Å². The number of hydrogen-bond donors (Lipinski definition) is 0. The fraction of sp³-hybridized carbons (Fsp3) is 0.833. The molecule has 0 aromatic carbocycles. The molecule has 78 valence electrons. The predicted octanol–water partition coefficient (Wildman–Crippen LogP) is 3.46. The summed E-state index contributed by atoms with van der Waals surface area (Å²) in [5.41, 5.74) is 0. The van der Waals surface area contributed by atoms with Gasteiger partial charge >= 0.3 is 0 Å². The van der Waals surface area contributed by atoms with Crippen molar-refractivity contribution in [3.05, 3.63) is 12.7 Å². The molecule has 1 heteroatoms. The van der Waals surface area contributed by atoms with Gasteiger partial charge in [-0.3, -0.25) is 0 Å². The van der Waals surface area contributed by atoms with Gasteiger partial charge in [-0.2, -0.15) is 0 Å². The third kappa shape index (κ3) is 5.87. The minimum absolute atomic E-state index is 0.787. The van der Waals surface area contributed by atoms with Gasteiger partial charge in [-0.1, -0.05) is 26.3 Å². The Kier molecular flexibility index (Phi) is 8.11. The van der Waals surface area contributed by atoms with E-state index in [1.165, 1.54) is 32.2 Å². The number of hydrogen-bond acceptors (Lipinski definition) is 1. The average Bonchev–Trinajstić information content (AvgIpc) is 2.14. The van der Waals surface area contributed by atoms with E-state index in [1.807, 2.05) is 6.08 Å². The maximum atomic E-state index is 3.74. The van der Waals surface area contributed by atoms with Crippen LogP contribution in [0.3, 0.4) is 0 Å². The summed E-state index contributed by atoms with van der Waals surface area (Å²) in [5, 5.41) is 0. The van der Waals surface area contributed by atoms with Crippen molar-refractivity contribution in [2.24, 2.45) is 0 Å². The Morgan fingerprint density at radius 2 is 2.08 bits per heavy atom. The van der Waals surface area contributed by atoms with Crippen LogP contribution in [0.1, 0.15) is 46.0 Å². The molecule has 0 amide bonds. The Balaban J connectivity index is 3.62. The number of rotatable bonds is 8. The standard InChI is InChI=1S/C12H25N/c1-5-8-9-11-13(4)12(7-3)10-6-2/h5,12H,1,6-11H2,2-4H3. The molecule has 0 aliphatic rings. The molecule has 1 nitrogen and oxygen atoms in total. The first kappa shape index (κ1) is 12.7. The first-order valence-corrected chi connectivity index (χ1v) is 5.57.